The van der Waals surface area contributed by atoms with Crippen molar-refractivity contribution in [1.82, 2.24) is 30.2 Å². The first-order chi connectivity index (χ1) is 25.5. The van der Waals surface area contributed by atoms with Gasteiger partial charge in [0.15, 0.2) is 0 Å². The lowest BCUT2D eigenvalue weighted by molar-refractivity contribution is -0.149. The molecule has 11 heteroatoms. The molecule has 5 amide bonds. The summed E-state index contributed by atoms with van der Waals surface area (Å²) in [6, 6.07) is 7.50. The summed E-state index contributed by atoms with van der Waals surface area (Å²) in [5, 5.41) is 18.2. The van der Waals surface area contributed by atoms with Crippen molar-refractivity contribution in [1.29, 1.82) is 0 Å². The van der Waals surface area contributed by atoms with Gasteiger partial charge >= 0.3 is 6.03 Å². The molecular formula is C42H68N6O5. The maximum atomic E-state index is 14.6. The maximum absolute atomic E-state index is 14.6. The number of benzene rings is 1. The average Bonchev–Trinajstić information content (AvgIpc) is 3.15. The van der Waals surface area contributed by atoms with Gasteiger partial charge < -0.3 is 30.4 Å². The molecule has 2 heterocycles. The Morgan fingerprint density at radius 1 is 0.906 bits per heavy atom. The van der Waals surface area contributed by atoms with Crippen LogP contribution in [0.25, 0.3) is 0 Å². The van der Waals surface area contributed by atoms with E-state index >= 15 is 0 Å². The van der Waals surface area contributed by atoms with E-state index < -0.39 is 24.2 Å². The van der Waals surface area contributed by atoms with E-state index in [1.54, 1.807) is 20.9 Å². The Bertz CT molecular complexity index is 1330. The number of carbonyl (C=O) groups excluding carboxylic acids is 4. The molecule has 4 rings (SSSR count). The van der Waals surface area contributed by atoms with Crippen LogP contribution in [0.1, 0.15) is 110 Å². The van der Waals surface area contributed by atoms with E-state index in [-0.39, 0.29) is 48.6 Å². The van der Waals surface area contributed by atoms with Crippen LogP contribution in [0.2, 0.25) is 0 Å². The Morgan fingerprint density at radius 3 is 2.26 bits per heavy atom. The van der Waals surface area contributed by atoms with Crippen molar-refractivity contribution in [3.8, 4) is 0 Å². The normalized spacial score (nSPS) is 20.7. The lowest BCUT2D eigenvalue weighted by Gasteiger charge is -2.45. The summed E-state index contributed by atoms with van der Waals surface area (Å²) in [5.41, 5.74) is 0.947. The minimum absolute atomic E-state index is 0.0223. The molecule has 53 heavy (non-hydrogen) atoms. The molecule has 2 fully saturated rings. The summed E-state index contributed by atoms with van der Waals surface area (Å²) >= 11 is 0. The van der Waals surface area contributed by atoms with Gasteiger partial charge in [-0.2, -0.15) is 0 Å². The largest absolute Gasteiger partial charge is 0.391 e. The van der Waals surface area contributed by atoms with Crippen molar-refractivity contribution >= 4 is 23.8 Å². The second kappa shape index (κ2) is 21.3. The number of likely N-dealkylation sites (N-methyl/N-ethyl adjacent to an activating group) is 1. The molecule has 1 aromatic rings. The predicted molar refractivity (Wildman–Crippen MR) is 210 cm³/mol. The van der Waals surface area contributed by atoms with E-state index in [9.17, 15) is 24.3 Å². The zero-order valence-electron chi connectivity index (χ0n) is 33.2. The van der Waals surface area contributed by atoms with Crippen LogP contribution >= 0.6 is 0 Å². The molecule has 1 aromatic carbocycles. The van der Waals surface area contributed by atoms with Crippen LogP contribution in [0.5, 0.6) is 0 Å². The number of hydrogen-bond acceptors (Lipinski definition) is 6. The summed E-state index contributed by atoms with van der Waals surface area (Å²) in [4.78, 5) is 63.5. The molecule has 0 unspecified atom stereocenters. The fraction of sp³-hybridized carbons (Fsp3) is 0.714. The van der Waals surface area contributed by atoms with Gasteiger partial charge in [0, 0.05) is 64.5 Å². The monoisotopic (exact) mass is 737 g/mol. The highest BCUT2D eigenvalue weighted by molar-refractivity contribution is 5.93. The summed E-state index contributed by atoms with van der Waals surface area (Å²) in [7, 11) is 1.97. The number of rotatable bonds is 18. The van der Waals surface area contributed by atoms with Crippen molar-refractivity contribution in [2.75, 3.05) is 39.8 Å². The predicted octanol–water partition coefficient (Wildman–Crippen LogP) is 5.53. The first kappa shape index (κ1) is 42.1. The molecule has 3 N–H and O–H groups in total. The first-order valence-electron chi connectivity index (χ1n) is 20.6. The van der Waals surface area contributed by atoms with E-state index in [4.69, 9.17) is 0 Å². The first-order valence-corrected chi connectivity index (χ1v) is 20.6. The molecule has 2 aliphatic heterocycles. The Labute approximate surface area is 318 Å². The van der Waals surface area contributed by atoms with Crippen molar-refractivity contribution in [3.63, 3.8) is 0 Å². The molecule has 1 saturated carbocycles. The number of aliphatic hydroxyl groups is 1. The van der Waals surface area contributed by atoms with Crippen molar-refractivity contribution in [3.05, 3.63) is 48.3 Å². The third-order valence-electron chi connectivity index (χ3n) is 11.6. The van der Waals surface area contributed by atoms with Gasteiger partial charge in [-0.15, -0.1) is 0 Å². The SMILES string of the molecule is CCCCNC(=O)[C@@H](C[C@H](O)[C@H](CC1CCCCC1)NC(=O)[C@@H](CCCC)N1CCN(C(=O)N2C=CN(C)CC2)[C@H](Cc2ccccc2)C1=O)C(C)C. The van der Waals surface area contributed by atoms with Crippen LogP contribution < -0.4 is 10.6 Å². The van der Waals surface area contributed by atoms with Crippen LogP contribution in [0, 0.1) is 17.8 Å². The highest BCUT2D eigenvalue weighted by Gasteiger charge is 2.44. The minimum Gasteiger partial charge on any atom is -0.391 e. The standard InChI is InChI=1S/C42H68N6O5/c1-6-8-20-36(40(51)44-35(28-32-16-12-10-13-17-32)38(49)30-34(31(3)4)39(50)43-21-9-7-2)47-26-27-48(42(53)46-24-22-45(5)23-25-46)37(41(47)52)29-33-18-14-11-15-19-33/h11,14-15,18-19,22,24,31-32,34-38,49H,6-10,12-13,16-17,20-21,23,25-30H2,1-5H3,(H,43,50)(H,44,51)/t34-,35-,36+,37+,38-/m0/s1. The Kier molecular flexibility index (Phi) is 17.0. The summed E-state index contributed by atoms with van der Waals surface area (Å²) in [6.45, 7) is 10.6. The van der Waals surface area contributed by atoms with Crippen LogP contribution in [0.4, 0.5) is 4.79 Å². The molecular weight excluding hydrogens is 668 g/mol. The number of nitrogens with zero attached hydrogens (tertiary/aromatic N) is 4. The van der Waals surface area contributed by atoms with Crippen LogP contribution in [-0.4, -0.2) is 112 Å². The van der Waals surface area contributed by atoms with Gasteiger partial charge in [-0.25, -0.2) is 4.79 Å². The highest BCUT2D eigenvalue weighted by Crippen LogP contribution is 2.30. The van der Waals surface area contributed by atoms with E-state index in [2.05, 4.69) is 24.5 Å². The lowest BCUT2D eigenvalue weighted by atomic mass is 9.81. The van der Waals surface area contributed by atoms with E-state index in [1.165, 1.54) is 6.42 Å². The third kappa shape index (κ3) is 12.2. The number of aliphatic hydroxyl groups excluding tert-OH is 1. The molecule has 11 nitrogen and oxygen atoms in total. The van der Waals surface area contributed by atoms with Crippen LogP contribution in [0.3, 0.4) is 0 Å². The number of hydrogen-bond donors (Lipinski definition) is 3. The molecule has 0 bridgehead atoms. The third-order valence-corrected chi connectivity index (χ3v) is 11.6. The molecule has 0 aromatic heterocycles. The zero-order valence-corrected chi connectivity index (χ0v) is 33.2. The minimum atomic E-state index is -0.912. The van der Waals surface area contributed by atoms with Gasteiger partial charge in [0.2, 0.25) is 17.7 Å². The second-order valence-electron chi connectivity index (χ2n) is 16.0. The topological polar surface area (TPSA) is 126 Å². The van der Waals surface area contributed by atoms with Gasteiger partial charge in [-0.3, -0.25) is 19.3 Å². The molecule has 1 saturated heterocycles. The molecule has 1 aliphatic carbocycles. The molecule has 296 valence electrons. The summed E-state index contributed by atoms with van der Waals surface area (Å²) < 4.78 is 0. The molecule has 3 aliphatic rings. The number of carbonyl (C=O) groups is 4. The fourth-order valence-corrected chi connectivity index (χ4v) is 8.14. The maximum Gasteiger partial charge on any atom is 0.324 e. The second-order valence-corrected chi connectivity index (χ2v) is 16.0. The van der Waals surface area contributed by atoms with Crippen LogP contribution in [0.15, 0.2) is 42.7 Å². The Morgan fingerprint density at radius 2 is 1.62 bits per heavy atom. The number of urea groups is 1. The van der Waals surface area contributed by atoms with Gasteiger partial charge in [0.25, 0.3) is 0 Å². The van der Waals surface area contributed by atoms with Gasteiger partial charge in [0.1, 0.15) is 12.1 Å². The molecule has 0 radical (unpaired) electrons. The van der Waals surface area contributed by atoms with Crippen molar-refractivity contribution < 1.29 is 24.3 Å². The quantitative estimate of drug-likeness (QED) is 0.170. The van der Waals surface area contributed by atoms with Gasteiger partial charge in [-0.1, -0.05) is 109 Å². The lowest BCUT2D eigenvalue weighted by Crippen LogP contribution is -2.65. The number of piperazine rings is 1. The fourth-order valence-electron chi connectivity index (χ4n) is 8.14. The molecule has 0 spiro atoms. The zero-order chi connectivity index (χ0) is 38.3. The van der Waals surface area contributed by atoms with Crippen molar-refractivity contribution in [2.45, 2.75) is 135 Å². The van der Waals surface area contributed by atoms with Crippen LogP contribution in [-0.2, 0) is 20.8 Å². The number of nitrogens with one attached hydrogen (secondary N) is 2. The van der Waals surface area contributed by atoms with E-state index in [0.29, 0.717) is 51.4 Å². The average molecular weight is 737 g/mol. The number of amides is 5. The van der Waals surface area contributed by atoms with E-state index in [1.807, 2.05) is 62.3 Å². The van der Waals surface area contributed by atoms with E-state index in [0.717, 1.165) is 56.9 Å². The Balaban J connectivity index is 1.58. The highest BCUT2D eigenvalue weighted by atomic mass is 16.3. The Hall–Kier alpha value is -3.60. The van der Waals surface area contributed by atoms with Gasteiger partial charge in [-0.05, 0) is 43.1 Å². The van der Waals surface area contributed by atoms with Crippen molar-refractivity contribution in [2.24, 2.45) is 17.8 Å². The summed E-state index contributed by atoms with van der Waals surface area (Å²) in [5.74, 6) is -0.524. The summed E-state index contributed by atoms with van der Waals surface area (Å²) in [6.07, 6.45) is 13.6. The smallest absolute Gasteiger partial charge is 0.324 e. The van der Waals surface area contributed by atoms with Gasteiger partial charge in [0.05, 0.1) is 12.1 Å². The molecule has 5 atom stereocenters. The number of unbranched alkanes of at least 4 members (excludes halogenated alkanes) is 2.